The molecule has 1 aromatic carbocycles. The van der Waals surface area contributed by atoms with Gasteiger partial charge in [-0.15, -0.1) is 0 Å². The average Bonchev–Trinajstić information content (AvgIpc) is 3.26. The van der Waals surface area contributed by atoms with Gasteiger partial charge in [0.25, 0.3) is 5.91 Å². The summed E-state index contributed by atoms with van der Waals surface area (Å²) < 4.78 is 25.8. The Labute approximate surface area is 164 Å². The van der Waals surface area contributed by atoms with Crippen molar-refractivity contribution in [3.05, 3.63) is 47.0 Å². The number of ether oxygens (including phenoxy) is 2. The summed E-state index contributed by atoms with van der Waals surface area (Å²) in [6.45, 7) is 5.57. The highest BCUT2D eigenvalue weighted by atomic mass is 19.1. The first-order valence-electron chi connectivity index (χ1n) is 9.89. The molecule has 1 N–H and O–H groups in total. The van der Waals surface area contributed by atoms with Crippen molar-refractivity contribution in [1.82, 2.24) is 15.1 Å². The van der Waals surface area contributed by atoms with Crippen molar-refractivity contribution in [3.63, 3.8) is 0 Å². The number of likely N-dealkylation sites (tertiary alicyclic amines) is 1. The first-order valence-corrected chi connectivity index (χ1v) is 9.89. The van der Waals surface area contributed by atoms with Crippen LogP contribution in [0.25, 0.3) is 0 Å². The number of aromatic nitrogens is 2. The van der Waals surface area contributed by atoms with Crippen LogP contribution in [-0.2, 0) is 11.2 Å². The van der Waals surface area contributed by atoms with Crippen LogP contribution in [0.15, 0.2) is 24.3 Å². The van der Waals surface area contributed by atoms with Crippen LogP contribution in [0.2, 0.25) is 0 Å². The molecule has 2 fully saturated rings. The second-order valence-electron chi connectivity index (χ2n) is 7.73. The molecule has 2 saturated heterocycles. The number of benzene rings is 1. The van der Waals surface area contributed by atoms with Crippen LogP contribution in [0, 0.1) is 12.7 Å². The van der Waals surface area contributed by atoms with Crippen molar-refractivity contribution in [3.8, 4) is 5.75 Å². The molecular weight excluding hydrogens is 361 g/mol. The van der Waals surface area contributed by atoms with Gasteiger partial charge in [0, 0.05) is 24.2 Å². The van der Waals surface area contributed by atoms with Crippen molar-refractivity contribution in [2.75, 3.05) is 19.7 Å². The summed E-state index contributed by atoms with van der Waals surface area (Å²) >= 11 is 0. The normalized spacial score (nSPS) is 24.7. The van der Waals surface area contributed by atoms with Crippen LogP contribution in [-0.4, -0.2) is 52.4 Å². The summed E-state index contributed by atoms with van der Waals surface area (Å²) in [7, 11) is 0. The van der Waals surface area contributed by atoms with Gasteiger partial charge < -0.3 is 14.4 Å². The standard InChI is InChI=1S/C21H26FN3O3/c1-3-17-14(2)19(24-23-17)20(26)25-10-6-9-21(13-25)11-15(12-27-21)28-18-8-5-4-7-16(18)22/h4-5,7-8,15H,3,6,9-13H2,1-2H3,(H,23,24)/t15-,21-/m1/s1. The molecule has 28 heavy (non-hydrogen) atoms. The highest BCUT2D eigenvalue weighted by Gasteiger charge is 2.46. The van der Waals surface area contributed by atoms with Crippen LogP contribution in [0.5, 0.6) is 5.75 Å². The number of para-hydroxylation sites is 1. The van der Waals surface area contributed by atoms with E-state index in [1.165, 1.54) is 6.07 Å². The lowest BCUT2D eigenvalue weighted by Crippen LogP contribution is -2.50. The summed E-state index contributed by atoms with van der Waals surface area (Å²) in [6, 6.07) is 6.41. The summed E-state index contributed by atoms with van der Waals surface area (Å²) in [5, 5.41) is 7.19. The monoisotopic (exact) mass is 387 g/mol. The molecule has 1 amide bonds. The first-order chi connectivity index (χ1) is 13.5. The third kappa shape index (κ3) is 3.51. The molecule has 0 saturated carbocycles. The number of hydrogen-bond donors (Lipinski definition) is 1. The van der Waals surface area contributed by atoms with Crippen LogP contribution < -0.4 is 4.74 Å². The Hall–Kier alpha value is -2.41. The SMILES string of the molecule is CCc1[nH]nc(C(=O)N2CCC[C@@]3(C[C@@H](Oc4ccccc4F)CO3)C2)c1C. The fourth-order valence-corrected chi connectivity index (χ4v) is 4.29. The second-order valence-corrected chi connectivity index (χ2v) is 7.73. The van der Waals surface area contributed by atoms with Gasteiger partial charge in [-0.25, -0.2) is 4.39 Å². The number of rotatable bonds is 4. The van der Waals surface area contributed by atoms with Crippen molar-refractivity contribution < 1.29 is 18.7 Å². The Morgan fingerprint density at radius 1 is 1.46 bits per heavy atom. The summed E-state index contributed by atoms with van der Waals surface area (Å²) in [6.07, 6.45) is 2.97. The Morgan fingerprint density at radius 2 is 2.29 bits per heavy atom. The van der Waals surface area contributed by atoms with Gasteiger partial charge in [-0.3, -0.25) is 9.89 Å². The maximum Gasteiger partial charge on any atom is 0.274 e. The molecule has 1 aromatic heterocycles. The maximum absolute atomic E-state index is 13.9. The number of aromatic amines is 1. The number of piperidine rings is 1. The van der Waals surface area contributed by atoms with Gasteiger partial charge in [-0.1, -0.05) is 19.1 Å². The minimum Gasteiger partial charge on any atom is -0.485 e. The number of amides is 1. The zero-order valence-corrected chi connectivity index (χ0v) is 16.3. The van der Waals surface area contributed by atoms with E-state index in [4.69, 9.17) is 9.47 Å². The quantitative estimate of drug-likeness (QED) is 0.874. The highest BCUT2D eigenvalue weighted by molar-refractivity contribution is 5.94. The Morgan fingerprint density at radius 3 is 3.04 bits per heavy atom. The topological polar surface area (TPSA) is 67.5 Å². The van der Waals surface area contributed by atoms with Crippen LogP contribution in [0.4, 0.5) is 4.39 Å². The third-order valence-electron chi connectivity index (χ3n) is 5.80. The molecule has 0 bridgehead atoms. The smallest absolute Gasteiger partial charge is 0.274 e. The van der Waals surface area contributed by atoms with Gasteiger partial charge in [-0.05, 0) is 38.3 Å². The Bertz CT molecular complexity index is 868. The summed E-state index contributed by atoms with van der Waals surface area (Å²) in [5.41, 5.74) is 1.97. The number of H-pyrrole nitrogens is 1. The van der Waals surface area contributed by atoms with Gasteiger partial charge in [0.15, 0.2) is 17.3 Å². The molecule has 2 aliphatic heterocycles. The van der Waals surface area contributed by atoms with E-state index < -0.39 is 5.60 Å². The molecule has 2 aromatic rings. The van der Waals surface area contributed by atoms with Crippen LogP contribution >= 0.6 is 0 Å². The minimum atomic E-state index is -0.429. The van der Waals surface area contributed by atoms with Gasteiger partial charge in [0.1, 0.15) is 6.10 Å². The number of hydrogen-bond acceptors (Lipinski definition) is 4. The summed E-state index contributed by atoms with van der Waals surface area (Å²) in [5.74, 6) is -0.185. The first kappa shape index (κ1) is 18.9. The zero-order valence-electron chi connectivity index (χ0n) is 16.3. The molecule has 1 spiro atoms. The van der Waals surface area contributed by atoms with E-state index in [0.717, 1.165) is 30.5 Å². The highest BCUT2D eigenvalue weighted by Crippen LogP contribution is 2.37. The Balaban J connectivity index is 1.44. The largest absolute Gasteiger partial charge is 0.485 e. The molecule has 7 heteroatoms. The molecule has 4 rings (SSSR count). The van der Waals surface area contributed by atoms with E-state index in [0.29, 0.717) is 31.8 Å². The molecule has 2 atom stereocenters. The number of halogens is 1. The van der Waals surface area contributed by atoms with Gasteiger partial charge >= 0.3 is 0 Å². The van der Waals surface area contributed by atoms with E-state index in [2.05, 4.69) is 10.2 Å². The Kier molecular flexibility index (Phi) is 5.10. The molecule has 6 nitrogen and oxygen atoms in total. The molecule has 3 heterocycles. The second kappa shape index (κ2) is 7.54. The predicted octanol–water partition coefficient (Wildman–Crippen LogP) is 3.26. The average molecular weight is 387 g/mol. The summed E-state index contributed by atoms with van der Waals surface area (Å²) in [4.78, 5) is 14.8. The third-order valence-corrected chi connectivity index (χ3v) is 5.80. The maximum atomic E-state index is 13.9. The van der Waals surface area contributed by atoms with Gasteiger partial charge in [0.2, 0.25) is 0 Å². The molecule has 150 valence electrons. The fourth-order valence-electron chi connectivity index (χ4n) is 4.29. The molecule has 0 aliphatic carbocycles. The molecule has 2 aliphatic rings. The zero-order chi connectivity index (χ0) is 19.7. The molecule has 0 radical (unpaired) electrons. The van der Waals surface area contributed by atoms with Crippen molar-refractivity contribution in [2.45, 2.75) is 51.2 Å². The number of nitrogens with one attached hydrogen (secondary N) is 1. The lowest BCUT2D eigenvalue weighted by molar-refractivity contribution is -0.0454. The van der Waals surface area contributed by atoms with Crippen molar-refractivity contribution in [2.24, 2.45) is 0 Å². The van der Waals surface area contributed by atoms with E-state index >= 15 is 0 Å². The van der Waals surface area contributed by atoms with E-state index in [1.807, 2.05) is 18.7 Å². The number of nitrogens with zero attached hydrogens (tertiary/aromatic N) is 2. The van der Waals surface area contributed by atoms with Crippen molar-refractivity contribution >= 4 is 5.91 Å². The predicted molar refractivity (Wildman–Crippen MR) is 102 cm³/mol. The van der Waals surface area contributed by atoms with E-state index in [-0.39, 0.29) is 23.6 Å². The van der Waals surface area contributed by atoms with Gasteiger partial charge in [-0.2, -0.15) is 5.10 Å². The lowest BCUT2D eigenvalue weighted by atomic mass is 9.89. The van der Waals surface area contributed by atoms with Crippen molar-refractivity contribution in [1.29, 1.82) is 0 Å². The number of carbonyl (C=O) groups is 1. The van der Waals surface area contributed by atoms with E-state index in [1.54, 1.807) is 18.2 Å². The van der Waals surface area contributed by atoms with Crippen LogP contribution in [0.3, 0.4) is 0 Å². The number of carbonyl (C=O) groups excluding carboxylic acids is 1. The fraction of sp³-hybridized carbons (Fsp3) is 0.524. The lowest BCUT2D eigenvalue weighted by Gasteiger charge is -2.39. The van der Waals surface area contributed by atoms with Crippen LogP contribution in [0.1, 0.15) is 47.9 Å². The molecular formula is C21H26FN3O3. The van der Waals surface area contributed by atoms with E-state index in [9.17, 15) is 9.18 Å². The minimum absolute atomic E-state index is 0.0606. The van der Waals surface area contributed by atoms with Gasteiger partial charge in [0.05, 0.1) is 18.8 Å². The molecule has 0 unspecified atom stereocenters. The number of aryl methyl sites for hydroxylation is 1.